The summed E-state index contributed by atoms with van der Waals surface area (Å²) in [4.78, 5) is 0. The summed E-state index contributed by atoms with van der Waals surface area (Å²) in [5, 5.41) is 2.47. The monoisotopic (exact) mass is 402 g/mol. The molecule has 4 heteroatoms. The van der Waals surface area contributed by atoms with Crippen molar-refractivity contribution in [1.82, 2.24) is 0 Å². The maximum Gasteiger partial charge on any atom is 0.159 e. The number of hydrogen-bond acceptors (Lipinski definition) is 0. The van der Waals surface area contributed by atoms with Crippen molar-refractivity contribution < 1.29 is 17.6 Å². The minimum Gasteiger partial charge on any atom is -0.204 e. The van der Waals surface area contributed by atoms with Crippen molar-refractivity contribution >= 4 is 21.5 Å². The first kappa shape index (κ1) is 18.4. The van der Waals surface area contributed by atoms with E-state index < -0.39 is 23.3 Å². The van der Waals surface area contributed by atoms with E-state index in [1.165, 1.54) is 12.1 Å². The van der Waals surface area contributed by atoms with Crippen LogP contribution < -0.4 is 0 Å². The van der Waals surface area contributed by atoms with E-state index in [-0.39, 0.29) is 0 Å². The second-order valence-electron chi connectivity index (χ2n) is 7.10. The van der Waals surface area contributed by atoms with Crippen LogP contribution in [0.15, 0.2) is 84.9 Å². The van der Waals surface area contributed by atoms with Gasteiger partial charge in [-0.2, -0.15) is 0 Å². The van der Waals surface area contributed by atoms with E-state index in [0.29, 0.717) is 21.9 Å². The molecule has 5 aromatic carbocycles. The fourth-order valence-corrected chi connectivity index (χ4v) is 4.05. The van der Waals surface area contributed by atoms with Crippen molar-refractivity contribution in [2.75, 3.05) is 0 Å². The second kappa shape index (κ2) is 6.99. The summed E-state index contributed by atoms with van der Waals surface area (Å²) in [6.07, 6.45) is 0. The number of halogens is 4. The summed E-state index contributed by atoms with van der Waals surface area (Å²) in [5.74, 6) is -3.93. The smallest absolute Gasteiger partial charge is 0.159 e. The Hall–Kier alpha value is -3.66. The van der Waals surface area contributed by atoms with Crippen molar-refractivity contribution in [3.63, 3.8) is 0 Å². The van der Waals surface area contributed by atoms with Gasteiger partial charge in [-0.15, -0.1) is 0 Å². The van der Waals surface area contributed by atoms with Crippen LogP contribution in [0.4, 0.5) is 17.6 Å². The van der Waals surface area contributed by atoms with Crippen LogP contribution in [-0.4, -0.2) is 0 Å². The van der Waals surface area contributed by atoms with E-state index in [9.17, 15) is 17.6 Å². The van der Waals surface area contributed by atoms with E-state index in [4.69, 9.17) is 0 Å². The van der Waals surface area contributed by atoms with E-state index in [1.54, 1.807) is 0 Å². The minimum absolute atomic E-state index is 0.390. The summed E-state index contributed by atoms with van der Waals surface area (Å²) in [6.45, 7) is 0. The molecular formula is C26H14F4. The summed E-state index contributed by atoms with van der Waals surface area (Å²) in [5.41, 5.74) is 2.52. The molecule has 5 rings (SSSR count). The van der Waals surface area contributed by atoms with Gasteiger partial charge in [0.15, 0.2) is 23.3 Å². The minimum atomic E-state index is -1.00. The average Bonchev–Trinajstić information content (AvgIpc) is 2.76. The highest BCUT2D eigenvalue weighted by atomic mass is 19.2. The lowest BCUT2D eigenvalue weighted by molar-refractivity contribution is 0.509. The summed E-state index contributed by atoms with van der Waals surface area (Å²) >= 11 is 0. The molecule has 0 unspecified atom stereocenters. The van der Waals surface area contributed by atoms with Crippen molar-refractivity contribution in [2.24, 2.45) is 0 Å². The highest BCUT2D eigenvalue weighted by Gasteiger charge is 2.19. The molecule has 0 bridgehead atoms. The Morgan fingerprint density at radius 2 is 0.867 bits per heavy atom. The average molecular weight is 402 g/mol. The Bertz CT molecular complexity index is 1420. The molecule has 0 radical (unpaired) electrons. The van der Waals surface area contributed by atoms with Crippen molar-refractivity contribution in [1.29, 1.82) is 0 Å². The van der Waals surface area contributed by atoms with Crippen LogP contribution in [0.2, 0.25) is 0 Å². The Kier molecular flexibility index (Phi) is 4.28. The SMILES string of the molecule is Fc1ccc(-c2c3ccccc3c(-c3ccccc3)c3cc(F)c(F)cc23)cc1F. The van der Waals surface area contributed by atoms with E-state index >= 15 is 0 Å². The number of benzene rings is 5. The van der Waals surface area contributed by atoms with Crippen LogP contribution in [0.25, 0.3) is 43.8 Å². The molecule has 0 heterocycles. The topological polar surface area (TPSA) is 0 Å². The third-order valence-electron chi connectivity index (χ3n) is 5.34. The summed E-state index contributed by atoms with van der Waals surface area (Å²) in [6, 6.07) is 22.7. The first-order chi connectivity index (χ1) is 14.5. The van der Waals surface area contributed by atoms with Gasteiger partial charge in [0.2, 0.25) is 0 Å². The molecule has 0 amide bonds. The number of hydrogen-bond donors (Lipinski definition) is 0. The molecule has 0 fully saturated rings. The van der Waals surface area contributed by atoms with Gasteiger partial charge in [-0.25, -0.2) is 17.6 Å². The molecule has 0 nitrogen and oxygen atoms in total. The maximum absolute atomic E-state index is 14.3. The lowest BCUT2D eigenvalue weighted by Gasteiger charge is -2.18. The highest BCUT2D eigenvalue weighted by Crippen LogP contribution is 2.44. The zero-order chi connectivity index (χ0) is 20.8. The molecule has 0 saturated heterocycles. The molecule has 0 aliphatic carbocycles. The Morgan fingerprint density at radius 3 is 1.43 bits per heavy atom. The molecule has 5 aromatic rings. The molecule has 0 aliphatic rings. The Balaban J connectivity index is 2.03. The predicted molar refractivity (Wildman–Crippen MR) is 112 cm³/mol. The van der Waals surface area contributed by atoms with Gasteiger partial charge in [0.05, 0.1) is 0 Å². The molecule has 0 aliphatic heterocycles. The van der Waals surface area contributed by atoms with Gasteiger partial charge in [-0.3, -0.25) is 0 Å². The molecule has 146 valence electrons. The van der Waals surface area contributed by atoms with Crippen LogP contribution in [0.1, 0.15) is 0 Å². The number of fused-ring (bicyclic) bond motifs is 2. The zero-order valence-electron chi connectivity index (χ0n) is 15.6. The number of rotatable bonds is 2. The van der Waals surface area contributed by atoms with Crippen molar-refractivity contribution in [3.05, 3.63) is 108 Å². The maximum atomic E-state index is 14.3. The Morgan fingerprint density at radius 1 is 0.367 bits per heavy atom. The van der Waals surface area contributed by atoms with Crippen molar-refractivity contribution in [3.8, 4) is 22.3 Å². The fourth-order valence-electron chi connectivity index (χ4n) is 4.05. The van der Waals surface area contributed by atoms with E-state index in [0.717, 1.165) is 40.1 Å². The van der Waals surface area contributed by atoms with Gasteiger partial charge in [-0.1, -0.05) is 60.7 Å². The Labute approximate surface area is 170 Å². The van der Waals surface area contributed by atoms with Crippen molar-refractivity contribution in [2.45, 2.75) is 0 Å². The predicted octanol–water partition coefficient (Wildman–Crippen LogP) is 7.88. The first-order valence-corrected chi connectivity index (χ1v) is 9.39. The molecule has 0 saturated carbocycles. The van der Waals surface area contributed by atoms with Gasteiger partial charge >= 0.3 is 0 Å². The third-order valence-corrected chi connectivity index (χ3v) is 5.34. The third kappa shape index (κ3) is 2.84. The van der Waals surface area contributed by atoms with Crippen LogP contribution in [0.3, 0.4) is 0 Å². The molecule has 0 N–H and O–H groups in total. The molecule has 0 aromatic heterocycles. The zero-order valence-corrected chi connectivity index (χ0v) is 15.6. The van der Waals surface area contributed by atoms with Crippen LogP contribution in [0.5, 0.6) is 0 Å². The normalized spacial score (nSPS) is 11.3. The van der Waals surface area contributed by atoms with Gasteiger partial charge < -0.3 is 0 Å². The molecular weight excluding hydrogens is 388 g/mol. The first-order valence-electron chi connectivity index (χ1n) is 9.39. The molecule has 30 heavy (non-hydrogen) atoms. The lowest BCUT2D eigenvalue weighted by Crippen LogP contribution is -1.94. The van der Waals surface area contributed by atoms with E-state index in [1.807, 2.05) is 54.6 Å². The fraction of sp³-hybridized carbons (Fsp3) is 0. The van der Waals surface area contributed by atoms with Gasteiger partial charge in [0.25, 0.3) is 0 Å². The standard InChI is InChI=1S/C26H14F4/c27-21-11-10-16(12-22(21)28)26-18-9-5-4-8-17(18)25(15-6-2-1-3-7-15)19-13-23(29)24(30)14-20(19)26/h1-14H. The van der Waals surface area contributed by atoms with Gasteiger partial charge in [-0.05, 0) is 68.1 Å². The van der Waals surface area contributed by atoms with Gasteiger partial charge in [0, 0.05) is 0 Å². The van der Waals surface area contributed by atoms with Crippen LogP contribution in [-0.2, 0) is 0 Å². The van der Waals surface area contributed by atoms with Crippen LogP contribution >= 0.6 is 0 Å². The molecule has 0 atom stereocenters. The summed E-state index contributed by atoms with van der Waals surface area (Å²) < 4.78 is 56.2. The highest BCUT2D eigenvalue weighted by molar-refractivity contribution is 6.21. The quantitative estimate of drug-likeness (QED) is 0.208. The summed E-state index contributed by atoms with van der Waals surface area (Å²) in [7, 11) is 0. The van der Waals surface area contributed by atoms with Crippen LogP contribution in [0, 0.1) is 23.3 Å². The lowest BCUT2D eigenvalue weighted by atomic mass is 9.86. The largest absolute Gasteiger partial charge is 0.204 e. The molecule has 0 spiro atoms. The van der Waals surface area contributed by atoms with E-state index in [2.05, 4.69) is 0 Å². The second-order valence-corrected chi connectivity index (χ2v) is 7.10. The van der Waals surface area contributed by atoms with Gasteiger partial charge in [0.1, 0.15) is 0 Å².